The van der Waals surface area contributed by atoms with E-state index in [4.69, 9.17) is 18.9 Å². The standard InChI is InChI=1S/C21H32O7/c1-13(2)20(3,4)19(24)26-6-5-25-17(22)12-27-21-9-14-7-15(10-21)18(23)28-16(8-14)11-21/h13-16H,5-12H2,1-4H3. The predicted octanol–water partition coefficient (Wildman–Crippen LogP) is 2.65. The van der Waals surface area contributed by atoms with Crippen LogP contribution in [0.5, 0.6) is 0 Å². The molecule has 4 fully saturated rings. The van der Waals surface area contributed by atoms with Gasteiger partial charge in [0.05, 0.1) is 16.9 Å². The average molecular weight is 396 g/mol. The second-order valence-corrected chi connectivity index (χ2v) is 9.41. The Morgan fingerprint density at radius 2 is 1.86 bits per heavy atom. The summed E-state index contributed by atoms with van der Waals surface area (Å²) in [5, 5.41) is 0. The van der Waals surface area contributed by atoms with E-state index in [0.717, 1.165) is 19.3 Å². The first-order valence-electron chi connectivity index (χ1n) is 10.3. The fraction of sp³-hybridized carbons (Fsp3) is 0.857. The molecule has 0 aromatic rings. The summed E-state index contributed by atoms with van der Waals surface area (Å²) in [7, 11) is 0. The molecule has 0 aromatic carbocycles. The summed E-state index contributed by atoms with van der Waals surface area (Å²) < 4.78 is 21.9. The van der Waals surface area contributed by atoms with Gasteiger partial charge in [-0.05, 0) is 51.4 Å². The highest BCUT2D eigenvalue weighted by molar-refractivity contribution is 5.76. The molecule has 158 valence electrons. The van der Waals surface area contributed by atoms with E-state index in [-0.39, 0.29) is 49.7 Å². The maximum Gasteiger partial charge on any atom is 0.332 e. The lowest BCUT2D eigenvalue weighted by Crippen LogP contribution is -2.47. The molecule has 4 aliphatic rings. The van der Waals surface area contributed by atoms with Crippen LogP contribution in [0.1, 0.15) is 59.8 Å². The number of carbonyl (C=O) groups is 3. The normalized spacial score (nSPS) is 31.5. The quantitative estimate of drug-likeness (QED) is 0.354. The summed E-state index contributed by atoms with van der Waals surface area (Å²) in [5.41, 5.74) is -1.04. The first kappa shape index (κ1) is 21.1. The smallest absolute Gasteiger partial charge is 0.332 e. The molecule has 0 aromatic heterocycles. The maximum absolute atomic E-state index is 12.1. The van der Waals surface area contributed by atoms with E-state index in [9.17, 15) is 14.4 Å². The van der Waals surface area contributed by atoms with Crippen LogP contribution < -0.4 is 0 Å². The summed E-state index contributed by atoms with van der Waals surface area (Å²) >= 11 is 0. The van der Waals surface area contributed by atoms with Crippen LogP contribution in [0.15, 0.2) is 0 Å². The first-order chi connectivity index (χ1) is 13.1. The van der Waals surface area contributed by atoms with Crippen molar-refractivity contribution in [2.45, 2.75) is 71.5 Å². The molecule has 4 rings (SSSR count). The Balaban J connectivity index is 1.40. The number of hydrogen-bond donors (Lipinski definition) is 0. The Labute approximate surface area is 166 Å². The minimum Gasteiger partial charge on any atom is -0.462 e. The molecular formula is C21H32O7. The highest BCUT2D eigenvalue weighted by atomic mass is 16.6. The monoisotopic (exact) mass is 396 g/mol. The van der Waals surface area contributed by atoms with Gasteiger partial charge in [0.1, 0.15) is 25.9 Å². The molecule has 7 heteroatoms. The van der Waals surface area contributed by atoms with Crippen molar-refractivity contribution in [3.8, 4) is 0 Å². The van der Waals surface area contributed by atoms with Crippen molar-refractivity contribution in [1.82, 2.24) is 0 Å². The summed E-state index contributed by atoms with van der Waals surface area (Å²) in [5.74, 6) is -0.456. The number of fused-ring (bicyclic) bond motifs is 1. The van der Waals surface area contributed by atoms with Crippen LogP contribution in [0.3, 0.4) is 0 Å². The molecule has 4 bridgehead atoms. The molecule has 2 saturated carbocycles. The van der Waals surface area contributed by atoms with Crippen molar-refractivity contribution in [1.29, 1.82) is 0 Å². The maximum atomic E-state index is 12.1. The largest absolute Gasteiger partial charge is 0.462 e. The SMILES string of the molecule is CC(C)C(C)(C)C(=O)OCCOC(=O)COC12CC3CC(C1)OC(=O)C(C3)C2. The fourth-order valence-corrected chi connectivity index (χ4v) is 4.52. The van der Waals surface area contributed by atoms with Gasteiger partial charge in [-0.2, -0.15) is 0 Å². The summed E-state index contributed by atoms with van der Waals surface area (Å²) in [4.78, 5) is 36.2. The van der Waals surface area contributed by atoms with E-state index in [0.29, 0.717) is 18.8 Å². The number of ether oxygens (including phenoxy) is 4. The van der Waals surface area contributed by atoms with Crippen molar-refractivity contribution in [3.63, 3.8) is 0 Å². The number of hydrogen-bond acceptors (Lipinski definition) is 7. The topological polar surface area (TPSA) is 88.1 Å². The minimum absolute atomic E-state index is 0.00454. The van der Waals surface area contributed by atoms with Crippen LogP contribution in [0.4, 0.5) is 0 Å². The van der Waals surface area contributed by atoms with E-state index in [2.05, 4.69) is 0 Å². The summed E-state index contributed by atoms with van der Waals surface area (Å²) in [6.07, 6.45) is 3.80. The van der Waals surface area contributed by atoms with Crippen LogP contribution in [-0.4, -0.2) is 49.4 Å². The van der Waals surface area contributed by atoms with Gasteiger partial charge in [0, 0.05) is 6.42 Å². The summed E-state index contributed by atoms with van der Waals surface area (Å²) in [6, 6.07) is 0. The molecular weight excluding hydrogens is 364 g/mol. The highest BCUT2D eigenvalue weighted by Gasteiger charge is 2.53. The lowest BCUT2D eigenvalue weighted by atomic mass is 9.65. The van der Waals surface area contributed by atoms with E-state index in [1.54, 1.807) is 0 Å². The molecule has 4 unspecified atom stereocenters. The van der Waals surface area contributed by atoms with Gasteiger partial charge >= 0.3 is 17.9 Å². The molecule has 2 aliphatic heterocycles. The van der Waals surface area contributed by atoms with Crippen LogP contribution in [-0.2, 0) is 33.3 Å². The van der Waals surface area contributed by atoms with Gasteiger partial charge in [-0.1, -0.05) is 13.8 Å². The van der Waals surface area contributed by atoms with Crippen LogP contribution in [0.2, 0.25) is 0 Å². The van der Waals surface area contributed by atoms with E-state index < -0.39 is 17.0 Å². The number of esters is 3. The van der Waals surface area contributed by atoms with E-state index in [1.165, 1.54) is 0 Å². The van der Waals surface area contributed by atoms with Gasteiger partial charge in [-0.25, -0.2) is 4.79 Å². The van der Waals surface area contributed by atoms with Crippen LogP contribution >= 0.6 is 0 Å². The average Bonchev–Trinajstić information content (AvgIpc) is 2.78. The zero-order chi connectivity index (χ0) is 20.5. The Kier molecular flexibility index (Phi) is 6.03. The fourth-order valence-electron chi connectivity index (χ4n) is 4.52. The molecule has 2 aliphatic carbocycles. The van der Waals surface area contributed by atoms with Crippen molar-refractivity contribution >= 4 is 17.9 Å². The van der Waals surface area contributed by atoms with Gasteiger partial charge in [-0.15, -0.1) is 0 Å². The van der Waals surface area contributed by atoms with E-state index >= 15 is 0 Å². The molecule has 4 atom stereocenters. The van der Waals surface area contributed by atoms with Gasteiger partial charge in [0.2, 0.25) is 0 Å². The summed E-state index contributed by atoms with van der Waals surface area (Å²) in [6.45, 7) is 7.47. The minimum atomic E-state index is -0.580. The zero-order valence-corrected chi connectivity index (χ0v) is 17.3. The van der Waals surface area contributed by atoms with Crippen molar-refractivity contribution in [2.75, 3.05) is 19.8 Å². The number of rotatable bonds is 8. The first-order valence-corrected chi connectivity index (χ1v) is 10.3. The third-order valence-corrected chi connectivity index (χ3v) is 6.75. The van der Waals surface area contributed by atoms with Gasteiger partial charge in [0.25, 0.3) is 0 Å². The van der Waals surface area contributed by atoms with Crippen LogP contribution in [0.25, 0.3) is 0 Å². The molecule has 0 radical (unpaired) electrons. The third-order valence-electron chi connectivity index (χ3n) is 6.75. The van der Waals surface area contributed by atoms with Gasteiger partial charge in [-0.3, -0.25) is 9.59 Å². The molecule has 28 heavy (non-hydrogen) atoms. The molecule has 2 heterocycles. The molecule has 0 spiro atoms. The molecule has 0 N–H and O–H groups in total. The van der Waals surface area contributed by atoms with Gasteiger partial charge in [0.15, 0.2) is 0 Å². The third kappa shape index (κ3) is 4.50. The van der Waals surface area contributed by atoms with Crippen molar-refractivity contribution in [3.05, 3.63) is 0 Å². The Morgan fingerprint density at radius 3 is 2.57 bits per heavy atom. The highest BCUT2D eigenvalue weighted by Crippen LogP contribution is 2.51. The Morgan fingerprint density at radius 1 is 1.14 bits per heavy atom. The lowest BCUT2D eigenvalue weighted by molar-refractivity contribution is -0.171. The molecule has 2 saturated heterocycles. The van der Waals surface area contributed by atoms with Crippen LogP contribution in [0, 0.1) is 23.2 Å². The second-order valence-electron chi connectivity index (χ2n) is 9.41. The van der Waals surface area contributed by atoms with E-state index in [1.807, 2.05) is 27.7 Å². The molecule has 0 amide bonds. The van der Waals surface area contributed by atoms with Crippen molar-refractivity contribution < 1.29 is 33.3 Å². The molecule has 7 nitrogen and oxygen atoms in total. The Bertz CT molecular complexity index is 626. The van der Waals surface area contributed by atoms with Crippen molar-refractivity contribution in [2.24, 2.45) is 23.2 Å². The predicted molar refractivity (Wildman–Crippen MR) is 99.2 cm³/mol. The zero-order valence-electron chi connectivity index (χ0n) is 17.3. The Hall–Kier alpha value is -1.63. The second kappa shape index (κ2) is 8.01. The van der Waals surface area contributed by atoms with Gasteiger partial charge < -0.3 is 18.9 Å². The number of carbonyl (C=O) groups excluding carboxylic acids is 3. The lowest BCUT2D eigenvalue weighted by Gasteiger charge is -2.45.